The Morgan fingerprint density at radius 2 is 1.87 bits per heavy atom. The summed E-state index contributed by atoms with van der Waals surface area (Å²) in [5.41, 5.74) is 1.04. The maximum absolute atomic E-state index is 12.3. The number of nitrogens with zero attached hydrogens (tertiary/aromatic N) is 3. The molecule has 1 amide bonds. The normalized spacial score (nSPS) is 10.8. The van der Waals surface area contributed by atoms with Gasteiger partial charge in [0.1, 0.15) is 5.01 Å². The number of carbonyl (C=O) groups excluding carboxylic acids is 1. The molecule has 5 nitrogen and oxygen atoms in total. The number of hydrogen-bond acceptors (Lipinski definition) is 5. The van der Waals surface area contributed by atoms with Crippen molar-refractivity contribution in [2.24, 2.45) is 0 Å². The van der Waals surface area contributed by atoms with Crippen LogP contribution >= 0.6 is 11.3 Å². The van der Waals surface area contributed by atoms with Crippen LogP contribution in [0, 0.1) is 0 Å². The van der Waals surface area contributed by atoms with Gasteiger partial charge in [-0.25, -0.2) is 0 Å². The molecule has 0 aliphatic carbocycles. The predicted molar refractivity (Wildman–Crippen MR) is 96.2 cm³/mol. The Morgan fingerprint density at radius 3 is 2.48 bits per heavy atom. The molecule has 23 heavy (non-hydrogen) atoms. The van der Waals surface area contributed by atoms with E-state index in [4.69, 9.17) is 0 Å². The summed E-state index contributed by atoms with van der Waals surface area (Å²) in [4.78, 5) is 14.3. The van der Waals surface area contributed by atoms with E-state index < -0.39 is 0 Å². The SMILES string of the molecule is CCC(CC)c1nnc(NC(=O)CN(CC)c2ccccc2)s1. The van der Waals surface area contributed by atoms with Gasteiger partial charge >= 0.3 is 0 Å². The van der Waals surface area contributed by atoms with Crippen molar-refractivity contribution in [2.45, 2.75) is 39.5 Å². The summed E-state index contributed by atoms with van der Waals surface area (Å²) in [6, 6.07) is 9.93. The molecule has 1 heterocycles. The lowest BCUT2D eigenvalue weighted by atomic mass is 10.1. The van der Waals surface area contributed by atoms with Crippen molar-refractivity contribution in [3.8, 4) is 0 Å². The number of likely N-dealkylation sites (N-methyl/N-ethyl adjacent to an activating group) is 1. The summed E-state index contributed by atoms with van der Waals surface area (Å²) in [5, 5.41) is 12.8. The van der Waals surface area contributed by atoms with Gasteiger partial charge in [0.15, 0.2) is 0 Å². The van der Waals surface area contributed by atoms with E-state index in [1.165, 1.54) is 11.3 Å². The van der Waals surface area contributed by atoms with E-state index in [0.29, 0.717) is 17.6 Å². The molecule has 0 spiro atoms. The number of carbonyl (C=O) groups is 1. The fourth-order valence-corrected chi connectivity index (χ4v) is 3.47. The van der Waals surface area contributed by atoms with E-state index in [2.05, 4.69) is 29.4 Å². The van der Waals surface area contributed by atoms with Crippen LogP contribution in [0.15, 0.2) is 30.3 Å². The molecule has 0 fully saturated rings. The first-order valence-electron chi connectivity index (χ1n) is 8.11. The highest BCUT2D eigenvalue weighted by molar-refractivity contribution is 7.15. The van der Waals surface area contributed by atoms with E-state index in [1.807, 2.05) is 42.2 Å². The minimum absolute atomic E-state index is 0.0667. The van der Waals surface area contributed by atoms with Crippen LogP contribution in [0.5, 0.6) is 0 Å². The third-order valence-electron chi connectivity index (χ3n) is 3.86. The highest BCUT2D eigenvalue weighted by Crippen LogP contribution is 2.28. The molecule has 124 valence electrons. The second-order valence-corrected chi connectivity index (χ2v) is 6.37. The van der Waals surface area contributed by atoms with Gasteiger partial charge in [-0.3, -0.25) is 10.1 Å². The minimum atomic E-state index is -0.0667. The number of benzene rings is 1. The highest BCUT2D eigenvalue weighted by Gasteiger charge is 2.16. The molecule has 0 bridgehead atoms. The third kappa shape index (κ3) is 4.76. The van der Waals surface area contributed by atoms with E-state index >= 15 is 0 Å². The number of anilines is 2. The van der Waals surface area contributed by atoms with Gasteiger partial charge in [-0.2, -0.15) is 0 Å². The number of aromatic nitrogens is 2. The Morgan fingerprint density at radius 1 is 1.17 bits per heavy atom. The summed E-state index contributed by atoms with van der Waals surface area (Å²) in [6.45, 7) is 7.41. The van der Waals surface area contributed by atoms with Crippen LogP contribution in [-0.2, 0) is 4.79 Å². The number of amides is 1. The van der Waals surface area contributed by atoms with Crippen molar-refractivity contribution in [3.05, 3.63) is 35.3 Å². The van der Waals surface area contributed by atoms with E-state index in [1.54, 1.807) is 0 Å². The molecule has 1 aromatic carbocycles. The molecule has 1 aromatic heterocycles. The number of para-hydroxylation sites is 1. The quantitative estimate of drug-likeness (QED) is 0.796. The van der Waals surface area contributed by atoms with E-state index in [9.17, 15) is 4.79 Å². The topological polar surface area (TPSA) is 58.1 Å². The number of rotatable bonds is 8. The van der Waals surface area contributed by atoms with Crippen molar-refractivity contribution in [2.75, 3.05) is 23.3 Å². The predicted octanol–water partition coefficient (Wildman–Crippen LogP) is 3.91. The molecule has 0 atom stereocenters. The largest absolute Gasteiger partial charge is 0.362 e. The van der Waals surface area contributed by atoms with Gasteiger partial charge < -0.3 is 4.90 Å². The molecular weight excluding hydrogens is 308 g/mol. The molecule has 0 saturated carbocycles. The van der Waals surface area contributed by atoms with Crippen LogP contribution < -0.4 is 10.2 Å². The van der Waals surface area contributed by atoms with Crippen molar-refractivity contribution < 1.29 is 4.79 Å². The second-order valence-electron chi connectivity index (χ2n) is 5.36. The maximum atomic E-state index is 12.3. The Hall–Kier alpha value is -1.95. The third-order valence-corrected chi connectivity index (χ3v) is 4.86. The molecule has 0 saturated heterocycles. The molecule has 0 aliphatic rings. The molecule has 6 heteroatoms. The Kier molecular flexibility index (Phi) is 6.52. The zero-order valence-electron chi connectivity index (χ0n) is 14.0. The summed E-state index contributed by atoms with van der Waals surface area (Å²) >= 11 is 1.48. The van der Waals surface area contributed by atoms with Gasteiger partial charge in [-0.1, -0.05) is 43.4 Å². The lowest BCUT2D eigenvalue weighted by molar-refractivity contribution is -0.115. The van der Waals surface area contributed by atoms with Crippen LogP contribution in [0.1, 0.15) is 44.5 Å². The first-order valence-corrected chi connectivity index (χ1v) is 8.92. The fraction of sp³-hybridized carbons (Fsp3) is 0.471. The molecule has 1 N–H and O–H groups in total. The van der Waals surface area contributed by atoms with E-state index in [0.717, 1.165) is 30.1 Å². The first-order chi connectivity index (χ1) is 11.2. The smallest absolute Gasteiger partial charge is 0.245 e. The zero-order valence-corrected chi connectivity index (χ0v) is 14.8. The Labute approximate surface area is 141 Å². The van der Waals surface area contributed by atoms with Crippen LogP contribution in [-0.4, -0.2) is 29.2 Å². The monoisotopic (exact) mass is 332 g/mol. The Balaban J connectivity index is 1.96. The standard InChI is InChI=1S/C17H24N4OS/c1-4-13(5-2)16-19-20-17(23-16)18-15(22)12-21(6-3)14-10-8-7-9-11-14/h7-11,13H,4-6,12H2,1-3H3,(H,18,20,22). The van der Waals surface area contributed by atoms with Crippen molar-refractivity contribution in [3.63, 3.8) is 0 Å². The molecular formula is C17H24N4OS. The summed E-state index contributed by atoms with van der Waals surface area (Å²) < 4.78 is 0. The first kappa shape index (κ1) is 17.4. The fourth-order valence-electron chi connectivity index (χ4n) is 2.44. The minimum Gasteiger partial charge on any atom is -0.362 e. The van der Waals surface area contributed by atoms with Gasteiger partial charge in [0, 0.05) is 18.2 Å². The average Bonchev–Trinajstić information content (AvgIpc) is 3.02. The number of nitrogens with one attached hydrogen (secondary N) is 1. The van der Waals surface area contributed by atoms with Gasteiger partial charge in [0.25, 0.3) is 0 Å². The maximum Gasteiger partial charge on any atom is 0.245 e. The Bertz CT molecular complexity index is 610. The number of hydrogen-bond donors (Lipinski definition) is 1. The van der Waals surface area contributed by atoms with Crippen LogP contribution in [0.2, 0.25) is 0 Å². The van der Waals surface area contributed by atoms with Crippen molar-refractivity contribution in [1.82, 2.24) is 10.2 Å². The lowest BCUT2D eigenvalue weighted by Gasteiger charge is -2.21. The highest BCUT2D eigenvalue weighted by atomic mass is 32.1. The molecule has 0 aliphatic heterocycles. The van der Waals surface area contributed by atoms with Gasteiger partial charge in [0.2, 0.25) is 11.0 Å². The van der Waals surface area contributed by atoms with Gasteiger partial charge in [-0.15, -0.1) is 10.2 Å². The van der Waals surface area contributed by atoms with E-state index in [-0.39, 0.29) is 5.91 Å². The summed E-state index contributed by atoms with van der Waals surface area (Å²) in [6.07, 6.45) is 2.08. The van der Waals surface area contributed by atoms with Crippen LogP contribution in [0.25, 0.3) is 0 Å². The van der Waals surface area contributed by atoms with Gasteiger partial charge in [0.05, 0.1) is 6.54 Å². The molecule has 2 rings (SSSR count). The van der Waals surface area contributed by atoms with Crippen LogP contribution in [0.4, 0.5) is 10.8 Å². The zero-order chi connectivity index (χ0) is 16.7. The van der Waals surface area contributed by atoms with Crippen molar-refractivity contribution >= 4 is 28.1 Å². The lowest BCUT2D eigenvalue weighted by Crippen LogP contribution is -2.33. The van der Waals surface area contributed by atoms with Crippen molar-refractivity contribution in [1.29, 1.82) is 0 Å². The van der Waals surface area contributed by atoms with Gasteiger partial charge in [-0.05, 0) is 31.9 Å². The van der Waals surface area contributed by atoms with Crippen LogP contribution in [0.3, 0.4) is 0 Å². The molecule has 0 unspecified atom stereocenters. The molecule has 2 aromatic rings. The second kappa shape index (κ2) is 8.62. The summed E-state index contributed by atoms with van der Waals surface area (Å²) in [7, 11) is 0. The average molecular weight is 332 g/mol. The summed E-state index contributed by atoms with van der Waals surface area (Å²) in [5.74, 6) is 0.359. The molecule has 0 radical (unpaired) electrons.